The average Bonchev–Trinajstić information content (AvgIpc) is 2.72. The summed E-state index contributed by atoms with van der Waals surface area (Å²) in [5, 5.41) is 2.58. The zero-order valence-electron chi connectivity index (χ0n) is 14.3. The van der Waals surface area contributed by atoms with Crippen LogP contribution in [0.25, 0.3) is 28.0 Å². The lowest BCUT2D eigenvalue weighted by atomic mass is 9.44. The van der Waals surface area contributed by atoms with Crippen LogP contribution < -0.4 is 15.7 Å². The summed E-state index contributed by atoms with van der Waals surface area (Å²) in [4.78, 5) is 2.44. The molecule has 0 unspecified atom stereocenters. The summed E-state index contributed by atoms with van der Waals surface area (Å²) in [6.45, 7) is 0.237. The first kappa shape index (κ1) is 14.0. The normalized spacial score (nSPS) is 13.8. The average molecular weight is 329 g/mol. The molecule has 0 atom stereocenters. The lowest BCUT2D eigenvalue weighted by molar-refractivity contribution is 1.37. The Bertz CT molecular complexity index is 1210. The van der Waals surface area contributed by atoms with Crippen LogP contribution in [0.15, 0.2) is 91.1 Å². The van der Waals surface area contributed by atoms with Gasteiger partial charge in [0.15, 0.2) is 0 Å². The van der Waals surface area contributed by atoms with Crippen molar-refractivity contribution in [3.05, 3.63) is 96.7 Å². The maximum absolute atomic E-state index is 2.44. The van der Waals surface area contributed by atoms with Crippen molar-refractivity contribution in [2.45, 2.75) is 0 Å². The summed E-state index contributed by atoms with van der Waals surface area (Å²) in [6, 6.07) is 30.9. The van der Waals surface area contributed by atoms with E-state index in [9.17, 15) is 0 Å². The Labute approximate surface area is 153 Å². The minimum atomic E-state index is 0.237. The lowest BCUT2D eigenvalue weighted by Gasteiger charge is -2.39. The number of rotatable bonds is 0. The Kier molecular flexibility index (Phi) is 2.75. The minimum Gasteiger partial charge on any atom is -0.382 e. The lowest BCUT2D eigenvalue weighted by Crippen LogP contribution is -2.59. The Hall–Kier alpha value is -3.26. The van der Waals surface area contributed by atoms with Crippen LogP contribution in [0.4, 0.5) is 5.69 Å². The fourth-order valence-electron chi connectivity index (χ4n) is 4.48. The first-order valence-corrected chi connectivity index (χ1v) is 9.08. The topological polar surface area (TPSA) is 3.24 Å². The van der Waals surface area contributed by atoms with E-state index in [-0.39, 0.29) is 6.85 Å². The second-order valence-electron chi connectivity index (χ2n) is 7.06. The monoisotopic (exact) mass is 329 g/mol. The quantitative estimate of drug-likeness (QED) is 0.432. The molecule has 6 rings (SSSR count). The highest BCUT2D eigenvalue weighted by Gasteiger charge is 2.37. The van der Waals surface area contributed by atoms with Gasteiger partial charge in [0.2, 0.25) is 0 Å². The molecule has 0 aromatic heterocycles. The second kappa shape index (κ2) is 5.12. The predicted octanol–water partition coefficient (Wildman–Crippen LogP) is 4.42. The van der Waals surface area contributed by atoms with Crippen LogP contribution in [0.5, 0.6) is 0 Å². The third-order valence-electron chi connectivity index (χ3n) is 5.67. The van der Waals surface area contributed by atoms with Gasteiger partial charge in [-0.1, -0.05) is 72.8 Å². The molecule has 0 fully saturated rings. The minimum absolute atomic E-state index is 0.237. The molecule has 26 heavy (non-hydrogen) atoms. The van der Waals surface area contributed by atoms with E-state index < -0.39 is 0 Å². The summed E-state index contributed by atoms with van der Waals surface area (Å²) in [5.74, 6) is 0. The molecule has 0 N–H and O–H groups in total. The molecule has 120 valence electrons. The van der Waals surface area contributed by atoms with E-state index in [1.165, 1.54) is 44.1 Å². The molecule has 0 bridgehead atoms. The van der Waals surface area contributed by atoms with Gasteiger partial charge >= 0.3 is 6.85 Å². The van der Waals surface area contributed by atoms with Crippen molar-refractivity contribution in [3.8, 4) is 11.1 Å². The second-order valence-corrected chi connectivity index (χ2v) is 7.06. The van der Waals surface area contributed by atoms with Crippen molar-refractivity contribution >= 4 is 40.3 Å². The molecule has 4 aromatic carbocycles. The molecule has 1 nitrogen and oxygen atoms in total. The van der Waals surface area contributed by atoms with Gasteiger partial charge in [0.1, 0.15) is 0 Å². The van der Waals surface area contributed by atoms with Crippen molar-refractivity contribution in [2.24, 2.45) is 0 Å². The zero-order chi connectivity index (χ0) is 17.1. The standard InChI is InChI=1S/C24H16BN/c1-2-9-19-16-24-21(15-18(19)8-1)20-10-4-6-12-23(20)25-22-11-5-3-7-17(22)13-14-26(24)25/h1-16H. The number of anilines is 1. The molecule has 4 aromatic rings. The number of hydrogen-bond acceptors (Lipinski definition) is 1. The first-order chi connectivity index (χ1) is 12.9. The molecule has 0 amide bonds. The number of benzene rings is 4. The van der Waals surface area contributed by atoms with Crippen molar-refractivity contribution in [1.82, 2.24) is 0 Å². The van der Waals surface area contributed by atoms with Crippen molar-refractivity contribution in [2.75, 3.05) is 4.81 Å². The zero-order valence-corrected chi connectivity index (χ0v) is 14.3. The van der Waals surface area contributed by atoms with Crippen LogP contribution in [-0.2, 0) is 0 Å². The maximum Gasteiger partial charge on any atom is 0.328 e. The maximum atomic E-state index is 2.44. The van der Waals surface area contributed by atoms with Gasteiger partial charge in [-0.2, -0.15) is 0 Å². The summed E-state index contributed by atoms with van der Waals surface area (Å²) < 4.78 is 0. The Morgan fingerprint density at radius 3 is 2.19 bits per heavy atom. The number of nitrogens with zero attached hydrogens (tertiary/aromatic N) is 1. The van der Waals surface area contributed by atoms with Crippen LogP contribution in [0.3, 0.4) is 0 Å². The van der Waals surface area contributed by atoms with Gasteiger partial charge in [0.25, 0.3) is 0 Å². The fraction of sp³-hybridized carbons (Fsp3) is 0. The van der Waals surface area contributed by atoms with Crippen LogP contribution in [-0.4, -0.2) is 6.85 Å². The fourth-order valence-corrected chi connectivity index (χ4v) is 4.48. The third-order valence-corrected chi connectivity index (χ3v) is 5.67. The van der Waals surface area contributed by atoms with Crippen molar-refractivity contribution in [1.29, 1.82) is 0 Å². The smallest absolute Gasteiger partial charge is 0.328 e. The highest BCUT2D eigenvalue weighted by atomic mass is 15.1. The molecular weight excluding hydrogens is 313 g/mol. The Morgan fingerprint density at radius 2 is 1.31 bits per heavy atom. The van der Waals surface area contributed by atoms with Crippen LogP contribution in [0, 0.1) is 0 Å². The van der Waals surface area contributed by atoms with Gasteiger partial charge in [0, 0.05) is 11.3 Å². The van der Waals surface area contributed by atoms with Crippen molar-refractivity contribution < 1.29 is 0 Å². The van der Waals surface area contributed by atoms with E-state index in [1.807, 2.05) is 0 Å². The van der Waals surface area contributed by atoms with E-state index in [2.05, 4.69) is 102 Å². The first-order valence-electron chi connectivity index (χ1n) is 9.08. The van der Waals surface area contributed by atoms with Gasteiger partial charge in [-0.15, -0.1) is 0 Å². The van der Waals surface area contributed by atoms with Gasteiger partial charge in [-0.3, -0.25) is 0 Å². The van der Waals surface area contributed by atoms with Gasteiger partial charge in [0.05, 0.1) is 0 Å². The SMILES string of the molecule is C1=CN2B(c3ccccc31)c1ccccc1-c1cc3ccccc3cc12. The molecule has 0 saturated heterocycles. The molecule has 0 spiro atoms. The predicted molar refractivity (Wildman–Crippen MR) is 112 cm³/mol. The highest BCUT2D eigenvalue weighted by molar-refractivity contribution is 6.91. The summed E-state index contributed by atoms with van der Waals surface area (Å²) in [7, 11) is 0. The van der Waals surface area contributed by atoms with Crippen LogP contribution >= 0.6 is 0 Å². The van der Waals surface area contributed by atoms with E-state index >= 15 is 0 Å². The van der Waals surface area contributed by atoms with Crippen LogP contribution in [0.2, 0.25) is 0 Å². The Balaban J connectivity index is 1.71. The van der Waals surface area contributed by atoms with E-state index in [0.717, 1.165) is 0 Å². The molecule has 2 heterocycles. The highest BCUT2D eigenvalue weighted by Crippen LogP contribution is 2.39. The van der Waals surface area contributed by atoms with E-state index in [0.29, 0.717) is 0 Å². The third kappa shape index (κ3) is 1.82. The van der Waals surface area contributed by atoms with Gasteiger partial charge in [-0.25, -0.2) is 0 Å². The van der Waals surface area contributed by atoms with Crippen LogP contribution in [0.1, 0.15) is 5.56 Å². The Morgan fingerprint density at radius 1 is 0.615 bits per heavy atom. The number of hydrogen-bond donors (Lipinski definition) is 0. The van der Waals surface area contributed by atoms with E-state index in [4.69, 9.17) is 0 Å². The molecule has 0 aliphatic carbocycles. The largest absolute Gasteiger partial charge is 0.382 e. The van der Waals surface area contributed by atoms with Gasteiger partial charge in [-0.05, 0) is 57.2 Å². The van der Waals surface area contributed by atoms with Crippen molar-refractivity contribution in [3.63, 3.8) is 0 Å². The number of fused-ring (bicyclic) bond motifs is 9. The molecule has 2 aliphatic rings. The summed E-state index contributed by atoms with van der Waals surface area (Å²) in [6.07, 6.45) is 4.48. The molecule has 0 saturated carbocycles. The van der Waals surface area contributed by atoms with E-state index in [1.54, 1.807) is 0 Å². The molecule has 2 aliphatic heterocycles. The van der Waals surface area contributed by atoms with Gasteiger partial charge < -0.3 is 4.81 Å². The summed E-state index contributed by atoms with van der Waals surface area (Å²) >= 11 is 0. The summed E-state index contributed by atoms with van der Waals surface area (Å²) in [5.41, 5.74) is 8.03. The molecule has 2 heteroatoms. The molecular formula is C24H16BN. The molecule has 0 radical (unpaired) electrons.